The van der Waals surface area contributed by atoms with Crippen molar-refractivity contribution in [3.63, 3.8) is 0 Å². The lowest BCUT2D eigenvalue weighted by molar-refractivity contribution is 0.416. The summed E-state index contributed by atoms with van der Waals surface area (Å²) in [5.41, 5.74) is 1.22. The molecule has 0 bridgehead atoms. The Morgan fingerprint density at radius 3 is 2.95 bits per heavy atom. The molecule has 0 amide bonds. The van der Waals surface area contributed by atoms with Gasteiger partial charge in [0.1, 0.15) is 0 Å². The maximum Gasteiger partial charge on any atom is 0.318 e. The number of nitrogens with zero attached hydrogens (tertiary/aromatic N) is 3. The van der Waals surface area contributed by atoms with Gasteiger partial charge in [0.2, 0.25) is 5.89 Å². The van der Waals surface area contributed by atoms with Crippen LogP contribution in [0.15, 0.2) is 19.6 Å². The first kappa shape index (κ1) is 15.5. The van der Waals surface area contributed by atoms with Gasteiger partial charge in [0.15, 0.2) is 0 Å². The summed E-state index contributed by atoms with van der Waals surface area (Å²) in [5.74, 6) is 0.631. The molecule has 2 aromatic heterocycles. The van der Waals surface area contributed by atoms with E-state index < -0.39 is 0 Å². The summed E-state index contributed by atoms with van der Waals surface area (Å²) in [6.45, 7) is 5.85. The lowest BCUT2D eigenvalue weighted by Crippen LogP contribution is -2.19. The highest BCUT2D eigenvalue weighted by atomic mass is 79.9. The van der Waals surface area contributed by atoms with Crippen molar-refractivity contribution in [3.05, 3.63) is 26.7 Å². The van der Waals surface area contributed by atoms with E-state index in [1.165, 1.54) is 5.56 Å². The number of rotatable bonds is 7. The van der Waals surface area contributed by atoms with Crippen molar-refractivity contribution in [3.8, 4) is 0 Å². The molecule has 2 heterocycles. The third-order valence-corrected chi connectivity index (χ3v) is 4.42. The van der Waals surface area contributed by atoms with Crippen LogP contribution in [0.4, 0.5) is 6.01 Å². The monoisotopic (exact) mass is 358 g/mol. The van der Waals surface area contributed by atoms with Crippen LogP contribution in [-0.2, 0) is 6.54 Å². The zero-order valence-electron chi connectivity index (χ0n) is 11.9. The third kappa shape index (κ3) is 4.04. The maximum atomic E-state index is 5.72. The van der Waals surface area contributed by atoms with Crippen molar-refractivity contribution in [1.29, 1.82) is 0 Å². The van der Waals surface area contributed by atoms with Crippen molar-refractivity contribution in [2.45, 2.75) is 32.9 Å². The lowest BCUT2D eigenvalue weighted by Gasteiger charge is -2.13. The number of halogens is 1. The Morgan fingerprint density at radius 1 is 1.50 bits per heavy atom. The second kappa shape index (κ2) is 7.19. The van der Waals surface area contributed by atoms with Gasteiger partial charge in [-0.3, -0.25) is 0 Å². The molecule has 0 radical (unpaired) electrons. The van der Waals surface area contributed by atoms with E-state index in [4.69, 9.17) is 4.42 Å². The topological polar surface area (TPSA) is 54.2 Å². The average molecular weight is 359 g/mol. The first-order chi connectivity index (χ1) is 9.60. The molecule has 0 aromatic carbocycles. The highest BCUT2D eigenvalue weighted by molar-refractivity contribution is 9.11. The number of nitrogens with one attached hydrogen (secondary N) is 1. The average Bonchev–Trinajstić information content (AvgIpc) is 3.05. The Kier molecular flexibility index (Phi) is 5.56. The predicted octanol–water partition coefficient (Wildman–Crippen LogP) is 3.59. The Labute approximate surface area is 131 Å². The molecule has 5 nitrogen and oxygen atoms in total. The normalized spacial score (nSPS) is 12.6. The van der Waals surface area contributed by atoms with E-state index in [1.54, 1.807) is 11.3 Å². The minimum absolute atomic E-state index is 0.0832. The number of aromatic nitrogens is 2. The fraction of sp³-hybridized carbons (Fsp3) is 0.538. The van der Waals surface area contributed by atoms with Gasteiger partial charge >= 0.3 is 6.01 Å². The summed E-state index contributed by atoms with van der Waals surface area (Å²) in [5, 5.41) is 13.7. The van der Waals surface area contributed by atoms with Crippen molar-refractivity contribution >= 4 is 33.3 Å². The molecule has 110 valence electrons. The highest BCUT2D eigenvalue weighted by Crippen LogP contribution is 2.23. The summed E-state index contributed by atoms with van der Waals surface area (Å²) in [6, 6.07) is 2.73. The van der Waals surface area contributed by atoms with Crippen molar-refractivity contribution in [1.82, 2.24) is 15.5 Å². The van der Waals surface area contributed by atoms with Crippen LogP contribution in [0.5, 0.6) is 0 Å². The van der Waals surface area contributed by atoms with Gasteiger partial charge in [-0.1, -0.05) is 12.0 Å². The molecular weight excluding hydrogens is 340 g/mol. The summed E-state index contributed by atoms with van der Waals surface area (Å²) in [4.78, 5) is 1.96. The molecule has 1 N–H and O–H groups in total. The molecule has 7 heteroatoms. The summed E-state index contributed by atoms with van der Waals surface area (Å²) in [6.07, 6.45) is 1.08. The molecule has 2 aromatic rings. The van der Waals surface area contributed by atoms with Crippen molar-refractivity contribution < 1.29 is 4.42 Å². The largest absolute Gasteiger partial charge is 0.406 e. The van der Waals surface area contributed by atoms with Gasteiger partial charge < -0.3 is 14.6 Å². The van der Waals surface area contributed by atoms with Crippen LogP contribution in [0.2, 0.25) is 0 Å². The van der Waals surface area contributed by atoms with E-state index >= 15 is 0 Å². The predicted molar refractivity (Wildman–Crippen MR) is 85.1 cm³/mol. The molecule has 2 rings (SSSR count). The van der Waals surface area contributed by atoms with E-state index in [2.05, 4.69) is 49.8 Å². The zero-order chi connectivity index (χ0) is 14.5. The molecule has 0 saturated heterocycles. The van der Waals surface area contributed by atoms with E-state index in [9.17, 15) is 0 Å². The molecule has 20 heavy (non-hydrogen) atoms. The van der Waals surface area contributed by atoms with Crippen LogP contribution < -0.4 is 10.2 Å². The highest BCUT2D eigenvalue weighted by Gasteiger charge is 2.16. The Hall–Kier alpha value is -0.920. The van der Waals surface area contributed by atoms with Gasteiger partial charge in [-0.2, -0.15) is 0 Å². The number of thiophene rings is 1. The fourth-order valence-corrected chi connectivity index (χ4v) is 2.97. The standard InChI is InChI=1S/C13H19BrN4OS/c1-4-5-15-9(2)12-16-17-13(19-12)18(3)7-10-6-11(14)20-8-10/h6,8-9,15H,4-5,7H2,1-3H3. The number of hydrogen-bond acceptors (Lipinski definition) is 6. The first-order valence-corrected chi connectivity index (χ1v) is 8.28. The van der Waals surface area contributed by atoms with Gasteiger partial charge in [-0.05, 0) is 52.8 Å². The van der Waals surface area contributed by atoms with Crippen LogP contribution in [-0.4, -0.2) is 23.8 Å². The molecule has 1 atom stereocenters. The molecule has 1 unspecified atom stereocenters. The van der Waals surface area contributed by atoms with Gasteiger partial charge in [-0.25, -0.2) is 0 Å². The molecule has 0 aliphatic rings. The van der Waals surface area contributed by atoms with Crippen LogP contribution in [0.25, 0.3) is 0 Å². The van der Waals surface area contributed by atoms with E-state index in [-0.39, 0.29) is 6.04 Å². The summed E-state index contributed by atoms with van der Waals surface area (Å²) < 4.78 is 6.85. The Bertz CT molecular complexity index is 542. The van der Waals surface area contributed by atoms with Crippen LogP contribution in [0, 0.1) is 0 Å². The van der Waals surface area contributed by atoms with Gasteiger partial charge in [0.05, 0.1) is 9.83 Å². The van der Waals surface area contributed by atoms with Crippen LogP contribution in [0.3, 0.4) is 0 Å². The molecule has 0 aliphatic heterocycles. The van der Waals surface area contributed by atoms with Gasteiger partial charge in [0, 0.05) is 13.6 Å². The Morgan fingerprint density at radius 2 is 2.30 bits per heavy atom. The van der Waals surface area contributed by atoms with E-state index in [0.717, 1.165) is 23.3 Å². The first-order valence-electron chi connectivity index (χ1n) is 6.61. The minimum atomic E-state index is 0.0832. The molecular formula is C13H19BrN4OS. The van der Waals surface area contributed by atoms with Gasteiger partial charge in [0.25, 0.3) is 0 Å². The second-order valence-corrected chi connectivity index (χ2v) is 7.00. The smallest absolute Gasteiger partial charge is 0.318 e. The summed E-state index contributed by atoms with van der Waals surface area (Å²) >= 11 is 5.14. The minimum Gasteiger partial charge on any atom is -0.406 e. The summed E-state index contributed by atoms with van der Waals surface area (Å²) in [7, 11) is 1.95. The zero-order valence-corrected chi connectivity index (χ0v) is 14.3. The van der Waals surface area contributed by atoms with E-state index in [0.29, 0.717) is 11.9 Å². The van der Waals surface area contributed by atoms with Crippen molar-refractivity contribution in [2.75, 3.05) is 18.5 Å². The lowest BCUT2D eigenvalue weighted by atomic mass is 10.3. The number of hydrogen-bond donors (Lipinski definition) is 1. The molecule has 0 aliphatic carbocycles. The SMILES string of the molecule is CCCNC(C)c1nnc(N(C)Cc2csc(Br)c2)o1. The third-order valence-electron chi connectivity index (χ3n) is 2.87. The van der Waals surface area contributed by atoms with Crippen molar-refractivity contribution in [2.24, 2.45) is 0 Å². The molecule has 0 saturated carbocycles. The van der Waals surface area contributed by atoms with Crippen LogP contribution >= 0.6 is 27.3 Å². The molecule has 0 fully saturated rings. The fourth-order valence-electron chi connectivity index (χ4n) is 1.77. The van der Waals surface area contributed by atoms with Crippen LogP contribution in [0.1, 0.15) is 37.8 Å². The van der Waals surface area contributed by atoms with Gasteiger partial charge in [-0.15, -0.1) is 16.4 Å². The maximum absolute atomic E-state index is 5.72. The molecule has 0 spiro atoms. The number of anilines is 1. The van der Waals surface area contributed by atoms with E-state index in [1.807, 2.05) is 18.9 Å². The second-order valence-electron chi connectivity index (χ2n) is 4.71. The Balaban J connectivity index is 1.97. The quantitative estimate of drug-likeness (QED) is 0.819.